The molecule has 106 valence electrons. The molecule has 0 radical (unpaired) electrons. The monoisotopic (exact) mass is 271 g/mol. The number of benzene rings is 1. The van der Waals surface area contributed by atoms with Gasteiger partial charge in [-0.3, -0.25) is 0 Å². The second-order valence-electron chi connectivity index (χ2n) is 3.70. The van der Waals surface area contributed by atoms with Crippen LogP contribution in [0.5, 0.6) is 5.75 Å². The Labute approximate surface area is 111 Å². The van der Waals surface area contributed by atoms with Crippen molar-refractivity contribution in [1.82, 2.24) is 5.32 Å². The van der Waals surface area contributed by atoms with Crippen LogP contribution in [0.2, 0.25) is 0 Å². The molecule has 5 nitrogen and oxygen atoms in total. The fourth-order valence-corrected chi connectivity index (χ4v) is 1.38. The van der Waals surface area contributed by atoms with E-state index in [2.05, 4.69) is 10.1 Å². The van der Waals surface area contributed by atoms with Crippen LogP contribution < -0.4 is 10.1 Å². The largest absolute Gasteiger partial charge is 0.490 e. The van der Waals surface area contributed by atoms with E-state index in [1.54, 1.807) is 0 Å². The Kier molecular flexibility index (Phi) is 6.84. The molecule has 0 aliphatic carbocycles. The maximum atomic E-state index is 13.1. The Morgan fingerprint density at radius 2 is 2.11 bits per heavy atom. The summed E-state index contributed by atoms with van der Waals surface area (Å²) in [5.74, 6) is -0.867. The zero-order chi connectivity index (χ0) is 14.1. The molecule has 0 aliphatic rings. The van der Waals surface area contributed by atoms with Crippen molar-refractivity contribution < 1.29 is 23.4 Å². The highest BCUT2D eigenvalue weighted by Crippen LogP contribution is 2.20. The van der Waals surface area contributed by atoms with Gasteiger partial charge < -0.3 is 19.5 Å². The van der Waals surface area contributed by atoms with Gasteiger partial charge in [-0.05, 0) is 25.2 Å². The lowest BCUT2D eigenvalue weighted by Gasteiger charge is -2.10. The van der Waals surface area contributed by atoms with Gasteiger partial charge in [-0.15, -0.1) is 0 Å². The van der Waals surface area contributed by atoms with E-state index in [1.165, 1.54) is 19.2 Å². The molecule has 0 amide bonds. The predicted octanol–water partition coefficient (Wildman–Crippen LogP) is 1.23. The second kappa shape index (κ2) is 8.44. The van der Waals surface area contributed by atoms with Crippen molar-refractivity contribution in [3.63, 3.8) is 0 Å². The molecule has 19 heavy (non-hydrogen) atoms. The number of nitrogens with one attached hydrogen (secondary N) is 1. The quantitative estimate of drug-likeness (QED) is 0.569. The van der Waals surface area contributed by atoms with E-state index in [-0.39, 0.29) is 17.9 Å². The first-order valence-corrected chi connectivity index (χ1v) is 5.92. The number of hydrogen-bond donors (Lipinski definition) is 1. The molecule has 0 saturated carbocycles. The lowest BCUT2D eigenvalue weighted by molar-refractivity contribution is 0.0590. The Bertz CT molecular complexity index is 412. The molecule has 1 rings (SSSR count). The van der Waals surface area contributed by atoms with E-state index < -0.39 is 11.8 Å². The fourth-order valence-electron chi connectivity index (χ4n) is 1.38. The highest BCUT2D eigenvalue weighted by atomic mass is 19.1. The molecular weight excluding hydrogens is 253 g/mol. The molecule has 0 unspecified atom stereocenters. The normalized spacial score (nSPS) is 10.3. The Morgan fingerprint density at radius 1 is 1.32 bits per heavy atom. The number of methoxy groups -OCH3 is 1. The van der Waals surface area contributed by atoms with Crippen LogP contribution in [0.3, 0.4) is 0 Å². The Hall–Kier alpha value is -1.66. The minimum Gasteiger partial charge on any atom is -0.490 e. The summed E-state index contributed by atoms with van der Waals surface area (Å²) in [4.78, 5) is 11.5. The summed E-state index contributed by atoms with van der Waals surface area (Å²) in [5, 5.41) is 2.95. The van der Waals surface area contributed by atoms with Gasteiger partial charge in [0.15, 0.2) is 0 Å². The first-order chi connectivity index (χ1) is 9.19. The Balaban J connectivity index is 2.50. The number of hydrogen-bond acceptors (Lipinski definition) is 5. The van der Waals surface area contributed by atoms with Crippen LogP contribution in [0.25, 0.3) is 0 Å². The average molecular weight is 271 g/mol. The van der Waals surface area contributed by atoms with Crippen molar-refractivity contribution in [1.29, 1.82) is 0 Å². The molecule has 0 atom stereocenters. The van der Waals surface area contributed by atoms with Crippen LogP contribution in [-0.2, 0) is 9.47 Å². The third-order valence-electron chi connectivity index (χ3n) is 2.33. The highest BCUT2D eigenvalue weighted by molar-refractivity contribution is 5.92. The minimum atomic E-state index is -0.634. The molecule has 0 fully saturated rings. The lowest BCUT2D eigenvalue weighted by atomic mass is 10.2. The number of likely N-dealkylation sites (N-methyl/N-ethyl adjacent to an activating group) is 1. The van der Waals surface area contributed by atoms with E-state index in [4.69, 9.17) is 9.47 Å². The number of carbonyl (C=O) groups is 1. The van der Waals surface area contributed by atoms with Gasteiger partial charge in [-0.1, -0.05) is 0 Å². The molecule has 1 aromatic rings. The number of ether oxygens (including phenoxy) is 3. The first kappa shape index (κ1) is 15.4. The zero-order valence-electron chi connectivity index (χ0n) is 11.1. The van der Waals surface area contributed by atoms with E-state index in [0.717, 1.165) is 12.6 Å². The SMILES string of the molecule is CNCCOCCOc1ccc(F)cc1C(=O)OC. The Morgan fingerprint density at radius 3 is 2.79 bits per heavy atom. The molecule has 1 N–H and O–H groups in total. The number of rotatable bonds is 8. The topological polar surface area (TPSA) is 56.8 Å². The van der Waals surface area contributed by atoms with Crippen molar-refractivity contribution in [2.24, 2.45) is 0 Å². The van der Waals surface area contributed by atoms with E-state index in [0.29, 0.717) is 13.2 Å². The van der Waals surface area contributed by atoms with Crippen molar-refractivity contribution in [2.75, 3.05) is 40.5 Å². The first-order valence-electron chi connectivity index (χ1n) is 5.92. The summed E-state index contributed by atoms with van der Waals surface area (Å²) in [6.07, 6.45) is 0. The maximum Gasteiger partial charge on any atom is 0.341 e. The third-order valence-corrected chi connectivity index (χ3v) is 2.33. The van der Waals surface area contributed by atoms with Crippen LogP contribution in [0.4, 0.5) is 4.39 Å². The minimum absolute atomic E-state index is 0.0673. The third kappa shape index (κ3) is 5.23. The summed E-state index contributed by atoms with van der Waals surface area (Å²) in [6, 6.07) is 3.71. The van der Waals surface area contributed by atoms with Gasteiger partial charge in [0.05, 0.1) is 20.3 Å². The molecular formula is C13H18FNO4. The average Bonchev–Trinajstić information content (AvgIpc) is 2.43. The zero-order valence-corrected chi connectivity index (χ0v) is 11.1. The molecule has 0 aliphatic heterocycles. The van der Waals surface area contributed by atoms with Gasteiger partial charge in [-0.2, -0.15) is 0 Å². The fraction of sp³-hybridized carbons (Fsp3) is 0.462. The highest BCUT2D eigenvalue weighted by Gasteiger charge is 2.14. The smallest absolute Gasteiger partial charge is 0.341 e. The maximum absolute atomic E-state index is 13.1. The van der Waals surface area contributed by atoms with Crippen LogP contribution in [0.15, 0.2) is 18.2 Å². The second-order valence-corrected chi connectivity index (χ2v) is 3.70. The molecule has 0 aromatic heterocycles. The van der Waals surface area contributed by atoms with Crippen molar-refractivity contribution in [2.45, 2.75) is 0 Å². The number of carbonyl (C=O) groups excluding carboxylic acids is 1. The van der Waals surface area contributed by atoms with E-state index in [9.17, 15) is 9.18 Å². The predicted molar refractivity (Wildman–Crippen MR) is 68.0 cm³/mol. The standard InChI is InChI=1S/C13H18FNO4/c1-15-5-6-18-7-8-19-12-4-3-10(14)9-11(12)13(16)17-2/h3-4,9,15H,5-8H2,1-2H3. The molecule has 0 saturated heterocycles. The van der Waals surface area contributed by atoms with Gasteiger partial charge in [0, 0.05) is 6.54 Å². The summed E-state index contributed by atoms with van der Waals surface area (Å²) < 4.78 is 28.3. The lowest BCUT2D eigenvalue weighted by Crippen LogP contribution is -2.17. The van der Waals surface area contributed by atoms with Crippen LogP contribution in [0, 0.1) is 5.82 Å². The van der Waals surface area contributed by atoms with Gasteiger partial charge >= 0.3 is 5.97 Å². The summed E-state index contributed by atoms with van der Waals surface area (Å²) in [7, 11) is 3.07. The van der Waals surface area contributed by atoms with Gasteiger partial charge in [-0.25, -0.2) is 9.18 Å². The van der Waals surface area contributed by atoms with Gasteiger partial charge in [0.25, 0.3) is 0 Å². The van der Waals surface area contributed by atoms with Gasteiger partial charge in [0.2, 0.25) is 0 Å². The molecule has 1 aromatic carbocycles. The summed E-state index contributed by atoms with van der Waals surface area (Å²) in [5.41, 5.74) is 0.0673. The van der Waals surface area contributed by atoms with Crippen molar-refractivity contribution in [3.05, 3.63) is 29.6 Å². The molecule has 0 bridgehead atoms. The molecule has 0 spiro atoms. The van der Waals surface area contributed by atoms with Crippen molar-refractivity contribution in [3.8, 4) is 5.75 Å². The number of halogens is 1. The summed E-state index contributed by atoms with van der Waals surface area (Å²) in [6.45, 7) is 2.00. The summed E-state index contributed by atoms with van der Waals surface area (Å²) >= 11 is 0. The van der Waals surface area contributed by atoms with E-state index >= 15 is 0 Å². The number of esters is 1. The van der Waals surface area contributed by atoms with E-state index in [1.807, 2.05) is 7.05 Å². The molecule has 6 heteroatoms. The van der Waals surface area contributed by atoms with Crippen molar-refractivity contribution >= 4 is 5.97 Å². The van der Waals surface area contributed by atoms with Crippen LogP contribution >= 0.6 is 0 Å². The van der Waals surface area contributed by atoms with Gasteiger partial charge in [0.1, 0.15) is 23.7 Å². The molecule has 0 heterocycles. The van der Waals surface area contributed by atoms with Crippen LogP contribution in [0.1, 0.15) is 10.4 Å². The van der Waals surface area contributed by atoms with Crippen LogP contribution in [-0.4, -0.2) is 46.5 Å².